The highest BCUT2D eigenvalue weighted by Crippen LogP contribution is 2.29. The molecule has 2 N–H and O–H groups in total. The number of urea groups is 1. The summed E-state index contributed by atoms with van der Waals surface area (Å²) < 4.78 is 7.08. The van der Waals surface area contributed by atoms with Crippen LogP contribution in [0.3, 0.4) is 0 Å². The number of aryl methyl sites for hydroxylation is 2. The fourth-order valence-corrected chi connectivity index (χ4v) is 5.63. The second-order valence-corrected chi connectivity index (χ2v) is 12.8. The first-order valence-electron chi connectivity index (χ1n) is 15.3. The second kappa shape index (κ2) is 13.0. The number of benzene rings is 3. The largest absolute Gasteiger partial charge is 0.497 e. The molecular weight excluding hydrogens is 550 g/mol. The highest BCUT2D eigenvalue weighted by atomic mass is 16.5. The molecule has 0 bridgehead atoms. The number of piperidine rings is 1. The summed E-state index contributed by atoms with van der Waals surface area (Å²) in [6.07, 6.45) is 2.65. The van der Waals surface area contributed by atoms with Gasteiger partial charge in [0, 0.05) is 35.8 Å². The van der Waals surface area contributed by atoms with Gasteiger partial charge in [0.15, 0.2) is 0 Å². The van der Waals surface area contributed by atoms with Crippen molar-refractivity contribution >= 4 is 23.4 Å². The van der Waals surface area contributed by atoms with Crippen LogP contribution in [0.1, 0.15) is 66.4 Å². The van der Waals surface area contributed by atoms with Gasteiger partial charge < -0.3 is 15.0 Å². The molecule has 0 saturated carbocycles. The van der Waals surface area contributed by atoms with Crippen molar-refractivity contribution in [3.63, 3.8) is 0 Å². The topological polar surface area (TPSA) is 88.5 Å². The molecule has 8 nitrogen and oxygen atoms in total. The fraction of sp³-hybridized carbons (Fsp3) is 0.361. The predicted octanol–water partition coefficient (Wildman–Crippen LogP) is 7.53. The van der Waals surface area contributed by atoms with Crippen LogP contribution in [-0.2, 0) is 11.8 Å². The van der Waals surface area contributed by atoms with E-state index in [-0.39, 0.29) is 17.4 Å². The van der Waals surface area contributed by atoms with E-state index in [0.717, 1.165) is 64.3 Å². The molecule has 0 spiro atoms. The number of likely N-dealkylation sites (tertiary alicyclic amines) is 1. The Labute approximate surface area is 260 Å². The van der Waals surface area contributed by atoms with Gasteiger partial charge in [0.2, 0.25) is 0 Å². The summed E-state index contributed by atoms with van der Waals surface area (Å²) in [4.78, 5) is 28.5. The quantitative estimate of drug-likeness (QED) is 0.232. The Morgan fingerprint density at radius 3 is 2.30 bits per heavy atom. The zero-order valence-electron chi connectivity index (χ0n) is 26.6. The number of hydrogen-bond acceptors (Lipinski definition) is 4. The minimum atomic E-state index is -0.318. The SMILES string of the molecule is COc1ccc(C(=O)N2CCC(Cc3ccccc3NC(=O)Nc3cc(C(C)(C)C)nn3-c3ccc(C)cc3)CC2)c(C)c1. The molecule has 8 heteroatoms. The van der Waals surface area contributed by atoms with Crippen LogP contribution in [0.5, 0.6) is 5.75 Å². The van der Waals surface area contributed by atoms with E-state index in [4.69, 9.17) is 9.84 Å². The van der Waals surface area contributed by atoms with E-state index in [2.05, 4.69) is 37.5 Å². The molecule has 2 heterocycles. The number of methoxy groups -OCH3 is 1. The number of aromatic nitrogens is 2. The van der Waals surface area contributed by atoms with Gasteiger partial charge in [-0.1, -0.05) is 56.7 Å². The van der Waals surface area contributed by atoms with Gasteiger partial charge in [-0.25, -0.2) is 9.48 Å². The zero-order chi connectivity index (χ0) is 31.4. The van der Waals surface area contributed by atoms with E-state index >= 15 is 0 Å². The summed E-state index contributed by atoms with van der Waals surface area (Å²) in [7, 11) is 1.63. The van der Waals surface area contributed by atoms with Crippen molar-refractivity contribution in [3.8, 4) is 11.4 Å². The molecular formula is C36H43N5O3. The lowest BCUT2D eigenvalue weighted by Crippen LogP contribution is -2.39. The van der Waals surface area contributed by atoms with Crippen LogP contribution in [-0.4, -0.2) is 46.8 Å². The molecule has 0 atom stereocenters. The van der Waals surface area contributed by atoms with Crippen molar-refractivity contribution in [1.82, 2.24) is 14.7 Å². The van der Waals surface area contributed by atoms with E-state index < -0.39 is 0 Å². The van der Waals surface area contributed by atoms with E-state index in [1.165, 1.54) is 0 Å². The normalized spacial score (nSPS) is 13.9. The maximum atomic E-state index is 13.3. The Hall–Kier alpha value is -4.59. The molecule has 1 aliphatic rings. The molecule has 0 unspecified atom stereocenters. The van der Waals surface area contributed by atoms with Crippen LogP contribution in [0.2, 0.25) is 0 Å². The molecule has 1 aliphatic heterocycles. The van der Waals surface area contributed by atoms with Gasteiger partial charge in [0.25, 0.3) is 5.91 Å². The van der Waals surface area contributed by atoms with Crippen LogP contribution >= 0.6 is 0 Å². The summed E-state index contributed by atoms with van der Waals surface area (Å²) in [6, 6.07) is 23.3. The lowest BCUT2D eigenvalue weighted by molar-refractivity contribution is 0.0689. The van der Waals surface area contributed by atoms with Gasteiger partial charge in [-0.05, 0) is 86.6 Å². The van der Waals surface area contributed by atoms with Gasteiger partial charge in [0.05, 0.1) is 18.5 Å². The van der Waals surface area contributed by atoms with Crippen molar-refractivity contribution in [3.05, 3.63) is 101 Å². The first kappa shape index (κ1) is 30.9. The van der Waals surface area contributed by atoms with Crippen LogP contribution < -0.4 is 15.4 Å². The number of nitrogens with zero attached hydrogens (tertiary/aromatic N) is 3. The average molecular weight is 594 g/mol. The van der Waals surface area contributed by atoms with E-state index in [0.29, 0.717) is 24.8 Å². The van der Waals surface area contributed by atoms with Gasteiger partial charge in [-0.3, -0.25) is 10.1 Å². The number of carbonyl (C=O) groups is 2. The van der Waals surface area contributed by atoms with Crippen LogP contribution in [0.15, 0.2) is 72.8 Å². The third kappa shape index (κ3) is 7.13. The maximum Gasteiger partial charge on any atom is 0.324 e. The molecule has 0 radical (unpaired) electrons. The van der Waals surface area contributed by atoms with Crippen LogP contribution in [0.25, 0.3) is 5.69 Å². The maximum absolute atomic E-state index is 13.3. The van der Waals surface area contributed by atoms with E-state index in [9.17, 15) is 9.59 Å². The Morgan fingerprint density at radius 1 is 0.932 bits per heavy atom. The van der Waals surface area contributed by atoms with Crippen LogP contribution in [0.4, 0.5) is 16.3 Å². The number of amides is 3. The third-order valence-corrected chi connectivity index (χ3v) is 8.34. The predicted molar refractivity (Wildman–Crippen MR) is 176 cm³/mol. The number of carbonyl (C=O) groups excluding carboxylic acids is 2. The summed E-state index contributed by atoms with van der Waals surface area (Å²) in [5.41, 5.74) is 6.27. The molecule has 44 heavy (non-hydrogen) atoms. The molecule has 0 aliphatic carbocycles. The number of nitrogens with one attached hydrogen (secondary N) is 2. The summed E-state index contributed by atoms with van der Waals surface area (Å²) in [5, 5.41) is 10.9. The number of hydrogen-bond donors (Lipinski definition) is 2. The lowest BCUT2D eigenvalue weighted by Gasteiger charge is -2.32. The number of rotatable bonds is 7. The molecule has 3 aromatic carbocycles. The summed E-state index contributed by atoms with van der Waals surface area (Å²) >= 11 is 0. The number of anilines is 2. The zero-order valence-corrected chi connectivity index (χ0v) is 26.6. The summed E-state index contributed by atoms with van der Waals surface area (Å²) in [5.74, 6) is 1.85. The third-order valence-electron chi connectivity index (χ3n) is 8.34. The van der Waals surface area contributed by atoms with Crippen molar-refractivity contribution in [1.29, 1.82) is 0 Å². The highest BCUT2D eigenvalue weighted by molar-refractivity contribution is 6.00. The van der Waals surface area contributed by atoms with Gasteiger partial charge >= 0.3 is 6.03 Å². The Morgan fingerprint density at radius 2 is 1.64 bits per heavy atom. The second-order valence-electron chi connectivity index (χ2n) is 12.8. The van der Waals surface area contributed by atoms with E-state index in [1.807, 2.05) is 85.5 Å². The first-order valence-corrected chi connectivity index (χ1v) is 15.3. The molecule has 1 aromatic heterocycles. The van der Waals surface area contributed by atoms with E-state index in [1.54, 1.807) is 11.8 Å². The molecule has 1 fully saturated rings. The summed E-state index contributed by atoms with van der Waals surface area (Å²) in [6.45, 7) is 11.7. The van der Waals surface area contributed by atoms with Crippen molar-refractivity contribution < 1.29 is 14.3 Å². The van der Waals surface area contributed by atoms with Gasteiger partial charge in [0.1, 0.15) is 11.6 Å². The Kier molecular flexibility index (Phi) is 9.09. The van der Waals surface area contributed by atoms with Crippen molar-refractivity contribution in [2.75, 3.05) is 30.8 Å². The Bertz CT molecular complexity index is 1630. The fourth-order valence-electron chi connectivity index (χ4n) is 5.63. The smallest absolute Gasteiger partial charge is 0.324 e. The molecule has 230 valence electrons. The number of para-hydroxylation sites is 1. The molecule has 5 rings (SSSR count). The minimum absolute atomic E-state index is 0.0711. The lowest BCUT2D eigenvalue weighted by atomic mass is 9.89. The Balaban J connectivity index is 1.24. The van der Waals surface area contributed by atoms with Crippen molar-refractivity contribution in [2.24, 2.45) is 5.92 Å². The molecule has 3 amide bonds. The van der Waals surface area contributed by atoms with Crippen LogP contribution in [0, 0.1) is 19.8 Å². The van der Waals surface area contributed by atoms with Gasteiger partial charge in [-0.2, -0.15) is 5.10 Å². The molecule has 1 saturated heterocycles. The average Bonchev–Trinajstić information content (AvgIpc) is 3.43. The monoisotopic (exact) mass is 593 g/mol. The minimum Gasteiger partial charge on any atom is -0.497 e. The number of ether oxygens (including phenoxy) is 1. The standard InChI is InChI=1S/C36H43N5O3/c1-24-11-13-28(14-12-24)41-33(23-32(39-41)36(3,4)5)38-35(43)37-31-10-8-7-9-27(31)22-26-17-19-40(20-18-26)34(42)30-16-15-29(44-6)21-25(30)2/h7-16,21,23,26H,17-20,22H2,1-6H3,(H2,37,38,43). The van der Waals surface area contributed by atoms with Crippen molar-refractivity contribution in [2.45, 2.75) is 59.3 Å². The highest BCUT2D eigenvalue weighted by Gasteiger charge is 2.26. The first-order chi connectivity index (χ1) is 21.0. The van der Waals surface area contributed by atoms with Gasteiger partial charge in [-0.15, -0.1) is 0 Å². The molecule has 4 aromatic rings.